The molecule has 3 rings (SSSR count). The fourth-order valence-electron chi connectivity index (χ4n) is 2.94. The van der Waals surface area contributed by atoms with Crippen LogP contribution in [0.5, 0.6) is 0 Å². The Balaban J connectivity index is 1.68. The summed E-state index contributed by atoms with van der Waals surface area (Å²) in [5.41, 5.74) is 3.81. The predicted molar refractivity (Wildman–Crippen MR) is 94.3 cm³/mol. The van der Waals surface area contributed by atoms with Crippen LogP contribution >= 0.6 is 11.3 Å². The van der Waals surface area contributed by atoms with Crippen molar-refractivity contribution in [2.75, 3.05) is 26.2 Å². The number of aryl methyl sites for hydroxylation is 1. The van der Waals surface area contributed by atoms with Crippen molar-refractivity contribution in [2.45, 2.75) is 19.9 Å². The van der Waals surface area contributed by atoms with Gasteiger partial charge in [0.1, 0.15) is 5.56 Å². The molecule has 1 amide bonds. The van der Waals surface area contributed by atoms with Gasteiger partial charge in [0, 0.05) is 50.8 Å². The highest BCUT2D eigenvalue weighted by Crippen LogP contribution is 2.11. The zero-order valence-corrected chi connectivity index (χ0v) is 14.9. The highest BCUT2D eigenvalue weighted by molar-refractivity contribution is 7.07. The first-order valence-corrected chi connectivity index (χ1v) is 9.06. The van der Waals surface area contributed by atoms with Crippen LogP contribution in [0.15, 0.2) is 27.8 Å². The molecule has 0 saturated carbocycles. The first-order chi connectivity index (χ1) is 11.6. The monoisotopic (exact) mass is 346 g/mol. The van der Waals surface area contributed by atoms with Gasteiger partial charge in [-0.3, -0.25) is 14.5 Å². The Hall–Kier alpha value is -1.99. The van der Waals surface area contributed by atoms with Crippen LogP contribution in [-0.4, -0.2) is 51.4 Å². The molecule has 0 aromatic carbocycles. The quantitative estimate of drug-likeness (QED) is 0.845. The van der Waals surface area contributed by atoms with Crippen molar-refractivity contribution in [3.05, 3.63) is 50.3 Å². The zero-order valence-electron chi connectivity index (χ0n) is 14.1. The molecule has 0 atom stereocenters. The van der Waals surface area contributed by atoms with Crippen molar-refractivity contribution in [3.63, 3.8) is 0 Å². The maximum absolute atomic E-state index is 12.7. The Bertz CT molecular complexity index is 769. The van der Waals surface area contributed by atoms with Gasteiger partial charge in [0.2, 0.25) is 0 Å². The Kier molecular flexibility index (Phi) is 5.11. The van der Waals surface area contributed by atoms with Gasteiger partial charge in [-0.05, 0) is 25.5 Å². The van der Waals surface area contributed by atoms with Gasteiger partial charge < -0.3 is 9.47 Å². The molecule has 6 nitrogen and oxygen atoms in total. The van der Waals surface area contributed by atoms with Crippen LogP contribution < -0.4 is 5.56 Å². The summed E-state index contributed by atoms with van der Waals surface area (Å²) in [7, 11) is 1.70. The van der Waals surface area contributed by atoms with Crippen LogP contribution in [0, 0.1) is 6.92 Å². The van der Waals surface area contributed by atoms with Crippen molar-refractivity contribution in [2.24, 2.45) is 7.05 Å². The average Bonchev–Trinajstić information content (AvgIpc) is 2.97. The number of carbonyl (C=O) groups excluding carboxylic acids is 1. The van der Waals surface area contributed by atoms with Crippen LogP contribution in [0.4, 0.5) is 0 Å². The average molecular weight is 346 g/mol. The summed E-state index contributed by atoms with van der Waals surface area (Å²) in [4.78, 5) is 33.5. The first kappa shape index (κ1) is 16.9. The number of rotatable bonds is 3. The Morgan fingerprint density at radius 3 is 2.83 bits per heavy atom. The molecule has 0 radical (unpaired) electrons. The summed E-state index contributed by atoms with van der Waals surface area (Å²) in [6, 6.07) is 3.47. The number of hydrogen-bond donors (Lipinski definition) is 0. The van der Waals surface area contributed by atoms with Gasteiger partial charge in [0.05, 0.1) is 11.2 Å². The number of carbonyl (C=O) groups is 1. The van der Waals surface area contributed by atoms with Gasteiger partial charge in [0.25, 0.3) is 11.5 Å². The molecular formula is C17H22N4O2S. The molecule has 7 heteroatoms. The summed E-state index contributed by atoms with van der Waals surface area (Å²) in [6.45, 7) is 5.74. The lowest BCUT2D eigenvalue weighted by molar-refractivity contribution is 0.0758. The number of pyridine rings is 1. The van der Waals surface area contributed by atoms with Crippen LogP contribution in [0.25, 0.3) is 0 Å². The van der Waals surface area contributed by atoms with Gasteiger partial charge in [-0.2, -0.15) is 0 Å². The summed E-state index contributed by atoms with van der Waals surface area (Å²) in [5, 5.41) is 2.06. The fourth-order valence-corrected chi connectivity index (χ4v) is 3.49. The van der Waals surface area contributed by atoms with Crippen molar-refractivity contribution < 1.29 is 4.79 Å². The van der Waals surface area contributed by atoms with Gasteiger partial charge in [-0.1, -0.05) is 0 Å². The van der Waals surface area contributed by atoms with E-state index in [2.05, 4.69) is 15.3 Å². The molecule has 1 fully saturated rings. The number of thiazole rings is 1. The third-order valence-electron chi connectivity index (χ3n) is 4.53. The molecule has 2 aromatic heterocycles. The third-order valence-corrected chi connectivity index (χ3v) is 5.17. The normalized spacial score (nSPS) is 16.2. The molecule has 3 heterocycles. The Morgan fingerprint density at radius 1 is 1.25 bits per heavy atom. The van der Waals surface area contributed by atoms with E-state index in [4.69, 9.17) is 0 Å². The number of aromatic nitrogens is 2. The van der Waals surface area contributed by atoms with Gasteiger partial charge in [-0.25, -0.2) is 4.98 Å². The smallest absolute Gasteiger partial charge is 0.263 e. The standard InChI is InChI=1S/C17H22N4O2S/c1-13-4-5-15(16(22)19(13)2)17(23)21-7-3-6-20(8-9-21)10-14-11-24-12-18-14/h4-5,11-12H,3,6-10H2,1-2H3. The molecule has 2 aromatic rings. The Labute approximate surface area is 145 Å². The minimum atomic E-state index is -0.219. The molecular weight excluding hydrogens is 324 g/mol. The lowest BCUT2D eigenvalue weighted by atomic mass is 10.2. The third kappa shape index (κ3) is 3.57. The molecule has 1 saturated heterocycles. The molecule has 0 bridgehead atoms. The molecule has 0 unspecified atom stereocenters. The molecule has 1 aliphatic heterocycles. The van der Waals surface area contributed by atoms with E-state index in [-0.39, 0.29) is 17.0 Å². The van der Waals surface area contributed by atoms with Crippen molar-refractivity contribution >= 4 is 17.2 Å². The lowest BCUT2D eigenvalue weighted by Crippen LogP contribution is -2.39. The maximum Gasteiger partial charge on any atom is 0.263 e. The first-order valence-electron chi connectivity index (χ1n) is 8.11. The minimum absolute atomic E-state index is 0.161. The molecule has 1 aliphatic rings. The van der Waals surface area contributed by atoms with E-state index in [9.17, 15) is 9.59 Å². The zero-order chi connectivity index (χ0) is 17.1. The van der Waals surface area contributed by atoms with Crippen LogP contribution in [-0.2, 0) is 13.6 Å². The summed E-state index contributed by atoms with van der Waals surface area (Å²) in [5.74, 6) is -0.161. The van der Waals surface area contributed by atoms with E-state index < -0.39 is 0 Å². The van der Waals surface area contributed by atoms with Gasteiger partial charge in [0.15, 0.2) is 0 Å². The van der Waals surface area contributed by atoms with Crippen LogP contribution in [0.1, 0.15) is 28.2 Å². The maximum atomic E-state index is 12.7. The van der Waals surface area contributed by atoms with Crippen molar-refractivity contribution in [1.82, 2.24) is 19.4 Å². The van der Waals surface area contributed by atoms with E-state index in [0.717, 1.165) is 37.4 Å². The largest absolute Gasteiger partial charge is 0.337 e. The molecule has 0 aliphatic carbocycles. The van der Waals surface area contributed by atoms with Gasteiger partial charge >= 0.3 is 0 Å². The van der Waals surface area contributed by atoms with Gasteiger partial charge in [-0.15, -0.1) is 11.3 Å². The highest BCUT2D eigenvalue weighted by atomic mass is 32.1. The topological polar surface area (TPSA) is 58.4 Å². The van der Waals surface area contributed by atoms with Crippen molar-refractivity contribution in [3.8, 4) is 0 Å². The van der Waals surface area contributed by atoms with E-state index in [1.807, 2.05) is 18.5 Å². The van der Waals surface area contributed by atoms with E-state index in [1.54, 1.807) is 29.4 Å². The van der Waals surface area contributed by atoms with Crippen LogP contribution in [0.2, 0.25) is 0 Å². The van der Waals surface area contributed by atoms with E-state index in [0.29, 0.717) is 13.1 Å². The predicted octanol–water partition coefficient (Wildman–Crippen LogP) is 1.50. The summed E-state index contributed by atoms with van der Waals surface area (Å²) >= 11 is 1.60. The second-order valence-electron chi connectivity index (χ2n) is 6.15. The molecule has 128 valence electrons. The number of amides is 1. The highest BCUT2D eigenvalue weighted by Gasteiger charge is 2.23. The Morgan fingerprint density at radius 2 is 2.08 bits per heavy atom. The van der Waals surface area contributed by atoms with E-state index in [1.165, 1.54) is 4.57 Å². The summed E-state index contributed by atoms with van der Waals surface area (Å²) in [6.07, 6.45) is 0.905. The van der Waals surface area contributed by atoms with Crippen LogP contribution in [0.3, 0.4) is 0 Å². The number of nitrogens with zero attached hydrogens (tertiary/aromatic N) is 4. The second kappa shape index (κ2) is 7.27. The SMILES string of the molecule is Cc1ccc(C(=O)N2CCCN(Cc3cscn3)CC2)c(=O)n1C. The minimum Gasteiger partial charge on any atom is -0.337 e. The van der Waals surface area contributed by atoms with E-state index >= 15 is 0 Å². The summed E-state index contributed by atoms with van der Waals surface area (Å²) < 4.78 is 1.53. The van der Waals surface area contributed by atoms with Crippen molar-refractivity contribution in [1.29, 1.82) is 0 Å². The fraction of sp³-hybridized carbons (Fsp3) is 0.471. The molecule has 0 spiro atoms. The number of hydrogen-bond acceptors (Lipinski definition) is 5. The second-order valence-corrected chi connectivity index (χ2v) is 6.87. The molecule has 0 N–H and O–H groups in total. The lowest BCUT2D eigenvalue weighted by Gasteiger charge is -2.21. The molecule has 24 heavy (non-hydrogen) atoms.